The topological polar surface area (TPSA) is 99.0 Å². The standard InChI is InChI=1S/C18H13BO3.C18H10Br2O.C18H11BrO.2C18H12O.CH3Cl.BHNS/c20-19(21)16-10-5-9-15-13-7-2-1-6-12(13)14-8-3-4-11-17(14)22-18(15)16;19-11-5-7-17-15(9-11)13-3-1-2-4-14(13)16-10-12(20)6-8-18(16)21-17;19-12-9-10-18-16(11-12)14-6-2-1-5-13(14)15-7-3-4-8-17(15)20-18;2*1-2-8-14-13(7-1)15-9-3-5-11-17(15)19-18-12-6-4-10-16(14)18;1-2;1-2-3/h1-11,20-21H;1-10H;1-11H;2*1-12H;1H3;3H. The van der Waals surface area contributed by atoms with Crippen molar-refractivity contribution in [2.24, 2.45) is 4.30 Å². The molecule has 5 heterocycles. The number of alkyl halides is 1. The first-order chi connectivity index (χ1) is 52.1. The van der Waals surface area contributed by atoms with Crippen LogP contribution in [0.25, 0.3) is 111 Å². The minimum Gasteiger partial charge on any atom is -0.456 e. The van der Waals surface area contributed by atoms with Gasteiger partial charge in [-0.15, -0.1) is 11.6 Å². The monoisotopic (exact) mass is 1610 g/mol. The third-order valence-corrected chi connectivity index (χ3v) is 19.6. The van der Waals surface area contributed by atoms with Crippen LogP contribution in [0.15, 0.2) is 357 Å². The average molecular weight is 1610 g/mol. The Kier molecular flexibility index (Phi) is 22.9. The van der Waals surface area contributed by atoms with Crippen LogP contribution in [0.3, 0.4) is 0 Å². The summed E-state index contributed by atoms with van der Waals surface area (Å²) in [5, 5.41) is 19.3. The molecule has 0 atom stereocenters. The Morgan fingerprint density at radius 2 is 0.434 bits per heavy atom. The van der Waals surface area contributed by atoms with Crippen LogP contribution in [0.2, 0.25) is 0 Å². The molecule has 0 saturated heterocycles. The summed E-state index contributed by atoms with van der Waals surface area (Å²) < 4.78 is 36.3. The zero-order valence-electron chi connectivity index (χ0n) is 56.8. The molecule has 8 nitrogen and oxygen atoms in total. The molecular formula is C91H62B2Br3ClNO7S. The number of rotatable bonds is 1. The van der Waals surface area contributed by atoms with Gasteiger partial charge in [0.15, 0.2) is 0 Å². The summed E-state index contributed by atoms with van der Waals surface area (Å²) in [7, 11) is 2.76. The van der Waals surface area contributed by atoms with Crippen molar-refractivity contribution in [3.63, 3.8) is 0 Å². The van der Waals surface area contributed by atoms with E-state index in [0.29, 0.717) is 17.0 Å². The molecular weight excluding hydrogens is 1550 g/mol. The van der Waals surface area contributed by atoms with Crippen molar-refractivity contribution >= 4 is 92.4 Å². The third-order valence-electron chi connectivity index (χ3n) is 18.1. The molecule has 15 aromatic rings. The van der Waals surface area contributed by atoms with Gasteiger partial charge in [0.05, 0.1) is 0 Å². The minimum absolute atomic E-state index is 0.365. The Morgan fingerprint density at radius 1 is 0.255 bits per heavy atom. The number of nitrogens with zero attached hydrogens (tertiary/aromatic N) is 1. The maximum Gasteiger partial charge on any atom is 0.135 e. The second-order valence-corrected chi connectivity index (χ2v) is 27.3. The number of ether oxygens (including phenoxy) is 5. The van der Waals surface area contributed by atoms with Gasteiger partial charge in [0.2, 0.25) is 0 Å². The molecule has 5 aliphatic rings. The summed E-state index contributed by atoms with van der Waals surface area (Å²) >= 11 is 18.5. The molecule has 20 rings (SSSR count). The van der Waals surface area contributed by atoms with Gasteiger partial charge in [-0.1, -0.05) is 297 Å². The number of fused-ring (bicyclic) bond motifs is 25. The zero-order valence-corrected chi connectivity index (χ0v) is 63.2. The van der Waals surface area contributed by atoms with E-state index in [0.717, 1.165) is 126 Å². The molecule has 1 radical (unpaired) electrons. The predicted octanol–water partition coefficient (Wildman–Crippen LogP) is 26.6. The number of thiol groups is 1. The fourth-order valence-electron chi connectivity index (χ4n) is 13.5. The van der Waals surface area contributed by atoms with Gasteiger partial charge in [0.25, 0.3) is 0 Å². The summed E-state index contributed by atoms with van der Waals surface area (Å²) in [6, 6.07) is 114. The largest absolute Gasteiger partial charge is 0.456 e. The SMILES string of the molecule is Brc1ccc2c(c1)-c1ccccc1-c1cc(Br)ccc1O2.Brc1ccc2c(c1)-c1ccccc1-c1ccccc1O2.CCl.OB(O)c1cccc2c1Oc1ccccc1-c1ccccc1-2.[B]=NS.c1ccc2c(c1)Oc1ccccc1-c1ccccc1-2.c1ccc2c(c1)Oc1ccccc1-c1ccccc1-2. The van der Waals surface area contributed by atoms with Gasteiger partial charge in [-0.3, -0.25) is 0 Å². The van der Waals surface area contributed by atoms with Crippen molar-refractivity contribution in [1.29, 1.82) is 0 Å². The quantitative estimate of drug-likeness (QED) is 0.0855. The van der Waals surface area contributed by atoms with E-state index >= 15 is 0 Å². The van der Waals surface area contributed by atoms with Crippen LogP contribution in [-0.2, 0) is 0 Å². The first-order valence-electron chi connectivity index (χ1n) is 33.8. The Hall–Kier alpha value is -10.8. The van der Waals surface area contributed by atoms with Gasteiger partial charge in [-0.2, -0.15) is 0 Å². The van der Waals surface area contributed by atoms with E-state index in [4.69, 9.17) is 23.7 Å². The van der Waals surface area contributed by atoms with Crippen molar-refractivity contribution in [3.8, 4) is 169 Å². The van der Waals surface area contributed by atoms with E-state index < -0.39 is 7.12 Å². The van der Waals surface area contributed by atoms with Crippen molar-refractivity contribution in [2.45, 2.75) is 0 Å². The Bertz CT molecular complexity index is 5410. The van der Waals surface area contributed by atoms with Gasteiger partial charge < -0.3 is 33.7 Å². The first kappa shape index (κ1) is 72.2. The van der Waals surface area contributed by atoms with Gasteiger partial charge in [-0.05, 0) is 147 Å². The predicted molar refractivity (Wildman–Crippen MR) is 449 cm³/mol. The molecule has 15 heteroatoms. The molecule has 5 aliphatic heterocycles. The molecule has 0 bridgehead atoms. The smallest absolute Gasteiger partial charge is 0.135 e. The summed E-state index contributed by atoms with van der Waals surface area (Å²) in [5.74, 6) is 8.43. The molecule has 2 N–H and O–H groups in total. The normalized spacial score (nSPS) is 11.2. The Labute approximate surface area is 653 Å². The van der Waals surface area contributed by atoms with Crippen molar-refractivity contribution < 1.29 is 33.7 Å². The zero-order chi connectivity index (χ0) is 73.0. The summed E-state index contributed by atoms with van der Waals surface area (Å²) in [4.78, 5) is 0. The van der Waals surface area contributed by atoms with Gasteiger partial charge >= 0.3 is 31.9 Å². The molecule has 0 saturated carbocycles. The van der Waals surface area contributed by atoms with E-state index in [1.54, 1.807) is 6.07 Å². The molecule has 513 valence electrons. The summed E-state index contributed by atoms with van der Waals surface area (Å²) in [6.45, 7) is 0. The molecule has 106 heavy (non-hydrogen) atoms. The number of halogens is 4. The third kappa shape index (κ3) is 15.4. The minimum atomic E-state index is -1.58. The van der Waals surface area contributed by atoms with E-state index in [2.05, 4.69) is 260 Å². The number of hydrogen-bond donors (Lipinski definition) is 3. The first-order valence-corrected chi connectivity index (χ1v) is 37.3. The van der Waals surface area contributed by atoms with Crippen LogP contribution in [0.5, 0.6) is 57.5 Å². The van der Waals surface area contributed by atoms with Crippen molar-refractivity contribution in [3.05, 3.63) is 353 Å². The van der Waals surface area contributed by atoms with Crippen LogP contribution >= 0.6 is 72.2 Å². The van der Waals surface area contributed by atoms with Gasteiger partial charge in [0, 0.05) is 80.9 Å². The maximum atomic E-state index is 9.64. The molecule has 0 fully saturated rings. The van der Waals surface area contributed by atoms with Crippen LogP contribution in [-0.4, -0.2) is 31.2 Å². The average Bonchev–Trinajstić information content (AvgIpc) is 1.65. The van der Waals surface area contributed by atoms with Gasteiger partial charge in [0.1, 0.15) is 57.5 Å². The van der Waals surface area contributed by atoms with Crippen LogP contribution in [0.4, 0.5) is 0 Å². The Morgan fingerprint density at radius 3 is 0.670 bits per heavy atom. The van der Waals surface area contributed by atoms with Crippen LogP contribution in [0, 0.1) is 0 Å². The fraction of sp³-hybridized carbons (Fsp3) is 0.0110. The van der Waals surface area contributed by atoms with Crippen LogP contribution in [0.1, 0.15) is 0 Å². The summed E-state index contributed by atoms with van der Waals surface area (Å²) in [5.41, 5.74) is 23.0. The molecule has 0 unspecified atom stereocenters. The van der Waals surface area contributed by atoms with Gasteiger partial charge in [-0.25, -0.2) is 0 Å². The van der Waals surface area contributed by atoms with Crippen molar-refractivity contribution in [2.75, 3.05) is 6.38 Å². The number of para-hydroxylation sites is 7. The Balaban J connectivity index is 0.000000110. The second kappa shape index (κ2) is 33.6. The van der Waals surface area contributed by atoms with E-state index in [-0.39, 0.29) is 0 Å². The van der Waals surface area contributed by atoms with Crippen molar-refractivity contribution in [1.82, 2.24) is 0 Å². The number of hydrogen-bond acceptors (Lipinski definition) is 9. The van der Waals surface area contributed by atoms with Crippen LogP contribution < -0.4 is 29.1 Å². The maximum absolute atomic E-state index is 9.64. The summed E-state index contributed by atoms with van der Waals surface area (Å²) in [6.07, 6.45) is 1.47. The number of benzene rings is 15. The van der Waals surface area contributed by atoms with E-state index in [1.165, 1.54) is 50.9 Å². The van der Waals surface area contributed by atoms with E-state index in [9.17, 15) is 10.0 Å². The second-order valence-electron chi connectivity index (χ2n) is 24.3. The molecule has 0 aliphatic carbocycles. The molecule has 15 aromatic carbocycles. The molecule has 0 spiro atoms. The molecule has 0 amide bonds. The fourth-order valence-corrected chi connectivity index (χ4v) is 14.6. The molecule has 0 aromatic heterocycles. The van der Waals surface area contributed by atoms with E-state index in [1.807, 2.05) is 158 Å².